The number of amides is 1. The number of rotatable bonds is 1. The summed E-state index contributed by atoms with van der Waals surface area (Å²) >= 11 is 6.33. The van der Waals surface area contributed by atoms with Gasteiger partial charge in [0.15, 0.2) is 0 Å². The van der Waals surface area contributed by atoms with Crippen molar-refractivity contribution < 1.29 is 23.1 Å². The number of carbonyl (C=O) groups is 1. The summed E-state index contributed by atoms with van der Waals surface area (Å²) in [6.45, 7) is 3.82. The smallest absolute Gasteiger partial charge is 0.264 e. The molecule has 2 aliphatic carbocycles. The summed E-state index contributed by atoms with van der Waals surface area (Å²) in [4.78, 5) is 15.6. The van der Waals surface area contributed by atoms with Gasteiger partial charge in [-0.2, -0.15) is 0 Å². The van der Waals surface area contributed by atoms with Gasteiger partial charge in [-0.25, -0.2) is 13.1 Å². The van der Waals surface area contributed by atoms with E-state index in [-0.39, 0.29) is 17.4 Å². The van der Waals surface area contributed by atoms with E-state index in [0.29, 0.717) is 49.5 Å². The third kappa shape index (κ3) is 5.12. The molecule has 2 bridgehead atoms. The number of fused-ring (bicyclic) bond motifs is 4. The molecular weight excluding hydrogens is 548 g/mol. The van der Waals surface area contributed by atoms with Crippen LogP contribution in [0, 0.1) is 11.8 Å². The van der Waals surface area contributed by atoms with Crippen LogP contribution in [0.5, 0.6) is 5.75 Å². The van der Waals surface area contributed by atoms with Crippen LogP contribution in [-0.2, 0) is 21.9 Å². The molecule has 0 saturated heterocycles. The summed E-state index contributed by atoms with van der Waals surface area (Å²) in [5, 5.41) is 11.2. The largest absolute Gasteiger partial charge is 0.490 e. The maximum atomic E-state index is 13.3. The molecule has 0 aromatic heterocycles. The maximum Gasteiger partial charge on any atom is 0.264 e. The number of aliphatic hydroxyl groups excluding tert-OH is 1. The third-order valence-electron chi connectivity index (χ3n) is 9.90. The van der Waals surface area contributed by atoms with Gasteiger partial charge in [0, 0.05) is 29.1 Å². The Morgan fingerprint density at radius 3 is 2.73 bits per heavy atom. The average molecular weight is 587 g/mol. The number of aliphatic hydroxyl groups is 1. The minimum Gasteiger partial charge on any atom is -0.490 e. The fraction of sp³-hybridized carbons (Fsp3) is 0.581. The Labute approximate surface area is 242 Å². The number of anilines is 1. The summed E-state index contributed by atoms with van der Waals surface area (Å²) in [5.41, 5.74) is 3.40. The molecule has 2 heterocycles. The molecule has 5 atom stereocenters. The molecule has 216 valence electrons. The zero-order chi connectivity index (χ0) is 28.1. The van der Waals surface area contributed by atoms with E-state index in [1.165, 1.54) is 11.1 Å². The lowest BCUT2D eigenvalue weighted by Gasteiger charge is -2.44. The maximum absolute atomic E-state index is 13.3. The van der Waals surface area contributed by atoms with Crippen LogP contribution in [0.1, 0.15) is 79.8 Å². The van der Waals surface area contributed by atoms with Crippen LogP contribution in [-0.4, -0.2) is 50.5 Å². The Balaban J connectivity index is 1.39. The van der Waals surface area contributed by atoms with E-state index in [2.05, 4.69) is 21.8 Å². The van der Waals surface area contributed by atoms with E-state index in [1.807, 2.05) is 13.0 Å². The lowest BCUT2D eigenvalue weighted by Crippen LogP contribution is -2.48. The average Bonchev–Trinajstić information content (AvgIpc) is 3.16. The number of halogens is 1. The normalized spacial score (nSPS) is 31.8. The molecule has 2 aliphatic heterocycles. The molecule has 9 heteroatoms. The molecule has 0 radical (unpaired) electrons. The minimum atomic E-state index is -3.84. The van der Waals surface area contributed by atoms with Crippen molar-refractivity contribution in [2.45, 2.75) is 81.5 Å². The van der Waals surface area contributed by atoms with E-state index in [0.717, 1.165) is 55.9 Å². The van der Waals surface area contributed by atoms with E-state index in [4.69, 9.17) is 16.3 Å². The van der Waals surface area contributed by atoms with E-state index < -0.39 is 21.2 Å². The van der Waals surface area contributed by atoms with Gasteiger partial charge in [-0.1, -0.05) is 37.4 Å². The van der Waals surface area contributed by atoms with Crippen molar-refractivity contribution in [2.24, 2.45) is 11.8 Å². The van der Waals surface area contributed by atoms with Crippen molar-refractivity contribution in [1.82, 2.24) is 4.72 Å². The fourth-order valence-corrected chi connectivity index (χ4v) is 9.07. The Kier molecular flexibility index (Phi) is 7.55. The topological polar surface area (TPSA) is 95.9 Å². The Morgan fingerprint density at radius 2 is 1.95 bits per heavy atom. The number of hydrogen-bond acceptors (Lipinski definition) is 6. The minimum absolute atomic E-state index is 0.224. The molecule has 1 spiro atoms. The number of ether oxygens (including phenoxy) is 1. The standard InChI is InChI=1S/C31H39ClN2O5S/c1-2-24-5-3-4-6-28(35)25-10-7-22(25)17-34-18-31(14-13-20-15-23(32)9-11-26(20)31)19-39-29-12-8-21(16-27(29)34)30(36)33-40(24,37)38/h8-9,11-12,15-16,22,24-25,28,35H,2-7,10,13-14,17-19H2,1H3,(H,33,36)/t22-,24-,25+,28?,31?/m0/s1. The molecule has 2 unspecified atom stereocenters. The first-order chi connectivity index (χ1) is 19.2. The van der Waals surface area contributed by atoms with Gasteiger partial charge in [0.2, 0.25) is 10.0 Å². The highest BCUT2D eigenvalue weighted by Gasteiger charge is 2.45. The molecule has 2 N–H and O–H groups in total. The highest BCUT2D eigenvalue weighted by Crippen LogP contribution is 2.47. The van der Waals surface area contributed by atoms with E-state index >= 15 is 0 Å². The van der Waals surface area contributed by atoms with Crippen molar-refractivity contribution in [3.05, 3.63) is 58.1 Å². The molecular formula is C31H39ClN2O5S. The molecule has 40 heavy (non-hydrogen) atoms. The second kappa shape index (κ2) is 10.8. The lowest BCUT2D eigenvalue weighted by atomic mass is 9.69. The monoisotopic (exact) mass is 586 g/mol. The van der Waals surface area contributed by atoms with Crippen LogP contribution in [0.2, 0.25) is 5.02 Å². The summed E-state index contributed by atoms with van der Waals surface area (Å²) in [5.74, 6) is 0.661. The highest BCUT2D eigenvalue weighted by atomic mass is 35.5. The zero-order valence-corrected chi connectivity index (χ0v) is 24.6. The van der Waals surface area contributed by atoms with Gasteiger partial charge in [-0.15, -0.1) is 0 Å². The van der Waals surface area contributed by atoms with Crippen molar-refractivity contribution in [1.29, 1.82) is 0 Å². The van der Waals surface area contributed by atoms with Gasteiger partial charge in [0.25, 0.3) is 5.91 Å². The van der Waals surface area contributed by atoms with Crippen molar-refractivity contribution in [3.63, 3.8) is 0 Å². The van der Waals surface area contributed by atoms with Crippen LogP contribution < -0.4 is 14.4 Å². The lowest BCUT2D eigenvalue weighted by molar-refractivity contribution is 0.00909. The second-order valence-electron chi connectivity index (χ2n) is 12.3. The first kappa shape index (κ1) is 27.9. The second-order valence-corrected chi connectivity index (χ2v) is 14.7. The van der Waals surface area contributed by atoms with Gasteiger partial charge >= 0.3 is 0 Å². The summed E-state index contributed by atoms with van der Waals surface area (Å²) in [6.07, 6.45) is 6.59. The van der Waals surface area contributed by atoms with Crippen molar-refractivity contribution >= 4 is 33.2 Å². The van der Waals surface area contributed by atoms with Gasteiger partial charge in [0.05, 0.1) is 23.6 Å². The molecule has 7 nitrogen and oxygen atoms in total. The van der Waals surface area contributed by atoms with Crippen molar-refractivity contribution in [3.8, 4) is 5.75 Å². The fourth-order valence-electron chi connectivity index (χ4n) is 7.41. The van der Waals surface area contributed by atoms with Crippen LogP contribution >= 0.6 is 11.6 Å². The molecule has 1 amide bonds. The third-order valence-corrected chi connectivity index (χ3v) is 12.1. The summed E-state index contributed by atoms with van der Waals surface area (Å²) < 4.78 is 35.1. The summed E-state index contributed by atoms with van der Waals surface area (Å²) in [6, 6.07) is 11.4. The molecule has 1 fully saturated rings. The molecule has 2 aromatic rings. The Bertz CT molecular complexity index is 1400. The van der Waals surface area contributed by atoms with Crippen LogP contribution in [0.3, 0.4) is 0 Å². The predicted octanol–water partition coefficient (Wildman–Crippen LogP) is 5.22. The van der Waals surface area contributed by atoms with E-state index in [9.17, 15) is 18.3 Å². The van der Waals surface area contributed by atoms with Gasteiger partial charge < -0.3 is 14.7 Å². The quantitative estimate of drug-likeness (QED) is 0.475. The van der Waals surface area contributed by atoms with Crippen molar-refractivity contribution in [2.75, 3.05) is 24.6 Å². The molecule has 6 rings (SSSR count). The zero-order valence-electron chi connectivity index (χ0n) is 23.1. The molecule has 2 aromatic carbocycles. The van der Waals surface area contributed by atoms with Gasteiger partial charge in [0.1, 0.15) is 5.75 Å². The summed E-state index contributed by atoms with van der Waals surface area (Å²) in [7, 11) is -3.84. The van der Waals surface area contributed by atoms with E-state index in [1.54, 1.807) is 18.2 Å². The Morgan fingerprint density at radius 1 is 1.12 bits per heavy atom. The molecule has 4 aliphatic rings. The van der Waals surface area contributed by atoms with Crippen LogP contribution in [0.25, 0.3) is 0 Å². The number of benzene rings is 2. The van der Waals surface area contributed by atoms with Gasteiger partial charge in [-0.3, -0.25) is 4.79 Å². The number of carbonyl (C=O) groups excluding carboxylic acids is 1. The number of nitrogens with one attached hydrogen (secondary N) is 1. The first-order valence-electron chi connectivity index (χ1n) is 14.7. The molecule has 1 saturated carbocycles. The predicted molar refractivity (Wildman–Crippen MR) is 157 cm³/mol. The number of hydrogen-bond donors (Lipinski definition) is 2. The van der Waals surface area contributed by atoms with Crippen LogP contribution in [0.15, 0.2) is 36.4 Å². The van der Waals surface area contributed by atoms with Crippen LogP contribution in [0.4, 0.5) is 5.69 Å². The highest BCUT2D eigenvalue weighted by molar-refractivity contribution is 7.90. The number of aryl methyl sites for hydroxylation is 1. The number of nitrogens with zero attached hydrogens (tertiary/aromatic N) is 1. The first-order valence-corrected chi connectivity index (χ1v) is 16.7. The van der Waals surface area contributed by atoms with Gasteiger partial charge in [-0.05, 0) is 98.2 Å². The Hall–Kier alpha value is -2.29. The number of sulfonamides is 1. The SMILES string of the molecule is CC[C@H]1CCCCC(O)[C@@H]2CC[C@H]2CN2CC3(CCc4cc(Cl)ccc43)COc3ccc(cc32)C(=O)NS1(=O)=O.